The number of nitrogens with one attached hydrogen (secondary N) is 1. The third-order valence-corrected chi connectivity index (χ3v) is 3.77. The van der Waals surface area contributed by atoms with Crippen molar-refractivity contribution in [1.82, 2.24) is 4.90 Å². The zero-order chi connectivity index (χ0) is 16.3. The lowest BCUT2D eigenvalue weighted by molar-refractivity contribution is 0.208. The number of benzene rings is 2. The standard InChI is InChI=1S/C16H15ClF2N2O/c1-10(12-5-3-4-6-13(12)17)21(2)16(22)20-15-9-11(18)7-8-14(15)19/h3-10H,1-2H3,(H,20,22). The van der Waals surface area contributed by atoms with E-state index in [0.29, 0.717) is 5.02 Å². The first-order valence-corrected chi connectivity index (χ1v) is 7.01. The van der Waals surface area contributed by atoms with E-state index in [1.165, 1.54) is 4.90 Å². The lowest BCUT2D eigenvalue weighted by Crippen LogP contribution is -2.34. The first kappa shape index (κ1) is 16.2. The van der Waals surface area contributed by atoms with Crippen molar-refractivity contribution in [3.05, 3.63) is 64.7 Å². The van der Waals surface area contributed by atoms with Crippen molar-refractivity contribution in [2.24, 2.45) is 0 Å². The zero-order valence-corrected chi connectivity index (χ0v) is 12.9. The Balaban J connectivity index is 2.15. The van der Waals surface area contributed by atoms with Gasteiger partial charge in [-0.2, -0.15) is 0 Å². The molecule has 1 N–H and O–H groups in total. The van der Waals surface area contributed by atoms with Gasteiger partial charge in [0.25, 0.3) is 0 Å². The Bertz CT molecular complexity index is 694. The second-order valence-electron chi connectivity index (χ2n) is 4.86. The lowest BCUT2D eigenvalue weighted by Gasteiger charge is -2.26. The molecule has 0 aromatic heterocycles. The van der Waals surface area contributed by atoms with Gasteiger partial charge in [0.2, 0.25) is 0 Å². The second kappa shape index (κ2) is 6.75. The van der Waals surface area contributed by atoms with Crippen LogP contribution in [0.1, 0.15) is 18.5 Å². The van der Waals surface area contributed by atoms with E-state index in [2.05, 4.69) is 5.32 Å². The largest absolute Gasteiger partial charge is 0.322 e. The number of hydrogen-bond donors (Lipinski definition) is 1. The minimum atomic E-state index is -0.700. The van der Waals surface area contributed by atoms with Crippen LogP contribution in [0.4, 0.5) is 19.3 Å². The van der Waals surface area contributed by atoms with Crippen LogP contribution in [-0.4, -0.2) is 18.0 Å². The molecule has 0 aliphatic rings. The molecule has 22 heavy (non-hydrogen) atoms. The molecule has 0 aliphatic heterocycles. The van der Waals surface area contributed by atoms with Gasteiger partial charge in [0.1, 0.15) is 11.6 Å². The molecule has 0 spiro atoms. The van der Waals surface area contributed by atoms with Crippen LogP contribution in [0.2, 0.25) is 5.02 Å². The van der Waals surface area contributed by atoms with Crippen LogP contribution >= 0.6 is 11.6 Å². The fourth-order valence-corrected chi connectivity index (χ4v) is 2.29. The van der Waals surface area contributed by atoms with Crippen LogP contribution in [0, 0.1) is 11.6 Å². The van der Waals surface area contributed by atoms with Crippen molar-refractivity contribution in [1.29, 1.82) is 0 Å². The highest BCUT2D eigenvalue weighted by Crippen LogP contribution is 2.27. The molecule has 116 valence electrons. The quantitative estimate of drug-likeness (QED) is 0.860. The number of carbonyl (C=O) groups is 1. The van der Waals surface area contributed by atoms with Crippen molar-refractivity contribution in [3.8, 4) is 0 Å². The monoisotopic (exact) mass is 324 g/mol. The second-order valence-corrected chi connectivity index (χ2v) is 5.27. The summed E-state index contributed by atoms with van der Waals surface area (Å²) in [6.07, 6.45) is 0. The van der Waals surface area contributed by atoms with E-state index in [4.69, 9.17) is 11.6 Å². The number of rotatable bonds is 3. The molecule has 0 radical (unpaired) electrons. The molecule has 0 heterocycles. The van der Waals surface area contributed by atoms with Crippen LogP contribution < -0.4 is 5.32 Å². The Morgan fingerprint density at radius 3 is 2.59 bits per heavy atom. The molecular weight excluding hydrogens is 310 g/mol. The molecule has 2 aromatic rings. The fourth-order valence-electron chi connectivity index (χ4n) is 2.00. The topological polar surface area (TPSA) is 32.3 Å². The van der Waals surface area contributed by atoms with Crippen molar-refractivity contribution < 1.29 is 13.6 Å². The number of urea groups is 1. The van der Waals surface area contributed by atoms with E-state index in [9.17, 15) is 13.6 Å². The van der Waals surface area contributed by atoms with Gasteiger partial charge >= 0.3 is 6.03 Å². The van der Waals surface area contributed by atoms with Gasteiger partial charge in [-0.15, -0.1) is 0 Å². The van der Waals surface area contributed by atoms with E-state index in [0.717, 1.165) is 23.8 Å². The highest BCUT2D eigenvalue weighted by Gasteiger charge is 2.20. The highest BCUT2D eigenvalue weighted by atomic mass is 35.5. The molecule has 1 atom stereocenters. The number of carbonyl (C=O) groups excluding carboxylic acids is 1. The summed E-state index contributed by atoms with van der Waals surface area (Å²) >= 11 is 6.11. The van der Waals surface area contributed by atoms with E-state index < -0.39 is 17.7 Å². The van der Waals surface area contributed by atoms with Crippen LogP contribution in [0.15, 0.2) is 42.5 Å². The smallest absolute Gasteiger partial charge is 0.321 e. The molecule has 6 heteroatoms. The van der Waals surface area contributed by atoms with Gasteiger partial charge in [0, 0.05) is 18.1 Å². The first-order chi connectivity index (χ1) is 10.4. The third-order valence-electron chi connectivity index (χ3n) is 3.43. The van der Waals surface area contributed by atoms with E-state index in [-0.39, 0.29) is 11.7 Å². The summed E-state index contributed by atoms with van der Waals surface area (Å²) in [4.78, 5) is 13.6. The number of hydrogen-bond acceptors (Lipinski definition) is 1. The molecule has 2 rings (SSSR count). The third kappa shape index (κ3) is 3.54. The molecule has 0 saturated carbocycles. The Morgan fingerprint density at radius 1 is 1.23 bits per heavy atom. The molecular formula is C16H15ClF2N2O. The molecule has 2 aromatic carbocycles. The van der Waals surface area contributed by atoms with E-state index >= 15 is 0 Å². The zero-order valence-electron chi connectivity index (χ0n) is 12.1. The van der Waals surface area contributed by atoms with Crippen LogP contribution in [0.5, 0.6) is 0 Å². The summed E-state index contributed by atoms with van der Waals surface area (Å²) in [6, 6.07) is 9.13. The Morgan fingerprint density at radius 2 is 1.91 bits per heavy atom. The van der Waals surface area contributed by atoms with Crippen molar-refractivity contribution in [2.75, 3.05) is 12.4 Å². The summed E-state index contributed by atoms with van der Waals surface area (Å²) < 4.78 is 26.7. The predicted molar refractivity (Wildman–Crippen MR) is 83.0 cm³/mol. The summed E-state index contributed by atoms with van der Waals surface area (Å²) in [6.45, 7) is 1.79. The normalized spacial score (nSPS) is 11.9. The molecule has 0 bridgehead atoms. The van der Waals surface area contributed by atoms with E-state index in [1.54, 1.807) is 32.2 Å². The Kier molecular flexibility index (Phi) is 4.98. The molecule has 2 amide bonds. The van der Waals surface area contributed by atoms with Gasteiger partial charge < -0.3 is 10.2 Å². The average Bonchev–Trinajstić information content (AvgIpc) is 2.50. The fraction of sp³-hybridized carbons (Fsp3) is 0.188. The van der Waals surface area contributed by atoms with Crippen LogP contribution in [0.25, 0.3) is 0 Å². The maximum Gasteiger partial charge on any atom is 0.322 e. The summed E-state index contributed by atoms with van der Waals surface area (Å²) in [5, 5.41) is 2.88. The summed E-state index contributed by atoms with van der Waals surface area (Å²) in [5.41, 5.74) is 0.560. The number of amides is 2. The minimum absolute atomic E-state index is 0.205. The summed E-state index contributed by atoms with van der Waals surface area (Å²) in [7, 11) is 1.56. The number of nitrogens with zero attached hydrogens (tertiary/aromatic N) is 1. The van der Waals surface area contributed by atoms with Gasteiger partial charge in [-0.3, -0.25) is 0 Å². The lowest BCUT2D eigenvalue weighted by atomic mass is 10.1. The SMILES string of the molecule is CC(c1ccccc1Cl)N(C)C(=O)Nc1cc(F)ccc1F. The van der Waals surface area contributed by atoms with Crippen molar-refractivity contribution in [3.63, 3.8) is 0 Å². The van der Waals surface area contributed by atoms with Crippen molar-refractivity contribution >= 4 is 23.3 Å². The maximum absolute atomic E-state index is 13.6. The number of anilines is 1. The summed E-state index contributed by atoms with van der Waals surface area (Å²) in [5.74, 6) is -1.33. The molecule has 3 nitrogen and oxygen atoms in total. The first-order valence-electron chi connectivity index (χ1n) is 6.63. The molecule has 0 aliphatic carbocycles. The predicted octanol–water partition coefficient (Wildman–Crippen LogP) is 4.84. The van der Waals surface area contributed by atoms with E-state index in [1.807, 2.05) is 6.07 Å². The van der Waals surface area contributed by atoms with Gasteiger partial charge in [-0.25, -0.2) is 13.6 Å². The molecule has 1 unspecified atom stereocenters. The maximum atomic E-state index is 13.6. The van der Waals surface area contributed by atoms with Gasteiger partial charge in [-0.05, 0) is 30.7 Å². The van der Waals surface area contributed by atoms with Gasteiger partial charge in [-0.1, -0.05) is 29.8 Å². The Hall–Kier alpha value is -2.14. The average molecular weight is 325 g/mol. The van der Waals surface area contributed by atoms with Gasteiger partial charge in [0.15, 0.2) is 0 Å². The molecule has 0 fully saturated rings. The van der Waals surface area contributed by atoms with Crippen molar-refractivity contribution in [2.45, 2.75) is 13.0 Å². The minimum Gasteiger partial charge on any atom is -0.321 e. The molecule has 0 saturated heterocycles. The number of halogens is 3. The van der Waals surface area contributed by atoms with Gasteiger partial charge in [0.05, 0.1) is 11.7 Å². The van der Waals surface area contributed by atoms with Crippen LogP contribution in [-0.2, 0) is 0 Å². The highest BCUT2D eigenvalue weighted by molar-refractivity contribution is 6.31. The van der Waals surface area contributed by atoms with Crippen LogP contribution in [0.3, 0.4) is 0 Å². The Labute approximate surface area is 132 Å².